The molecule has 0 saturated heterocycles. The molecule has 1 aromatic heterocycles. The number of benzene rings is 1. The highest BCUT2D eigenvalue weighted by molar-refractivity contribution is 7.12. The van der Waals surface area contributed by atoms with Gasteiger partial charge in [-0.1, -0.05) is 11.6 Å². The number of halogens is 1. The Morgan fingerprint density at radius 2 is 2.00 bits per heavy atom. The lowest BCUT2D eigenvalue weighted by Crippen LogP contribution is -2.16. The minimum absolute atomic E-state index is 0.182. The van der Waals surface area contributed by atoms with E-state index in [-0.39, 0.29) is 5.78 Å². The predicted molar refractivity (Wildman–Crippen MR) is 76.7 cm³/mol. The molecule has 20 heavy (non-hydrogen) atoms. The Morgan fingerprint density at radius 1 is 1.30 bits per heavy atom. The zero-order valence-corrected chi connectivity index (χ0v) is 12.2. The van der Waals surface area contributed by atoms with Crippen LogP contribution < -0.4 is 14.2 Å². The lowest BCUT2D eigenvalue weighted by atomic mass is 10.1. The summed E-state index contributed by atoms with van der Waals surface area (Å²) in [7, 11) is 1.53. The van der Waals surface area contributed by atoms with Crippen molar-refractivity contribution in [2.75, 3.05) is 20.3 Å². The molecule has 0 bridgehead atoms. The van der Waals surface area contributed by atoms with Gasteiger partial charge in [0, 0.05) is 11.6 Å². The van der Waals surface area contributed by atoms with Crippen LogP contribution in [0.2, 0.25) is 5.02 Å². The van der Waals surface area contributed by atoms with Gasteiger partial charge < -0.3 is 14.2 Å². The maximum atomic E-state index is 12.5. The van der Waals surface area contributed by atoms with E-state index in [1.165, 1.54) is 18.4 Å². The number of methoxy groups -OCH3 is 1. The molecule has 2 heterocycles. The van der Waals surface area contributed by atoms with Crippen molar-refractivity contribution in [2.45, 2.75) is 0 Å². The third-order valence-electron chi connectivity index (χ3n) is 2.93. The summed E-state index contributed by atoms with van der Waals surface area (Å²) in [5, 5.41) is 2.15. The summed E-state index contributed by atoms with van der Waals surface area (Å²) in [5.41, 5.74) is 0.386. The second-order valence-electron chi connectivity index (χ2n) is 4.12. The van der Waals surface area contributed by atoms with E-state index in [4.69, 9.17) is 25.8 Å². The van der Waals surface area contributed by atoms with E-state index in [9.17, 15) is 4.79 Å². The van der Waals surface area contributed by atoms with Gasteiger partial charge in [0.2, 0.25) is 5.78 Å². The van der Waals surface area contributed by atoms with Crippen molar-refractivity contribution < 1.29 is 19.0 Å². The number of carbonyl (C=O) groups excluding carboxylic acids is 1. The Bertz CT molecular complexity index is 665. The molecule has 0 fully saturated rings. The van der Waals surface area contributed by atoms with Gasteiger partial charge in [0.15, 0.2) is 11.5 Å². The van der Waals surface area contributed by atoms with Crippen molar-refractivity contribution in [1.82, 2.24) is 0 Å². The Labute approximate surface area is 124 Å². The molecule has 1 aromatic carbocycles. The molecular weight excluding hydrogens is 300 g/mol. The summed E-state index contributed by atoms with van der Waals surface area (Å²) in [6.07, 6.45) is 0. The zero-order chi connectivity index (χ0) is 14.1. The highest BCUT2D eigenvalue weighted by Crippen LogP contribution is 2.37. The van der Waals surface area contributed by atoms with Crippen LogP contribution in [0.4, 0.5) is 0 Å². The number of thiophene rings is 1. The Morgan fingerprint density at radius 3 is 2.70 bits per heavy atom. The summed E-state index contributed by atoms with van der Waals surface area (Å²) in [6.45, 7) is 0.944. The second-order valence-corrected chi connectivity index (χ2v) is 5.45. The van der Waals surface area contributed by atoms with Gasteiger partial charge in [0.25, 0.3) is 0 Å². The van der Waals surface area contributed by atoms with Crippen LogP contribution in [-0.2, 0) is 0 Å². The third-order valence-corrected chi connectivity index (χ3v) is 4.14. The van der Waals surface area contributed by atoms with Gasteiger partial charge in [-0.25, -0.2) is 0 Å². The molecule has 104 valence electrons. The van der Waals surface area contributed by atoms with Crippen LogP contribution in [0.25, 0.3) is 0 Å². The number of hydrogen-bond acceptors (Lipinski definition) is 5. The molecule has 0 spiro atoms. The first kappa shape index (κ1) is 13.3. The lowest BCUT2D eigenvalue weighted by molar-refractivity contribution is 0.103. The van der Waals surface area contributed by atoms with Crippen LogP contribution in [0.15, 0.2) is 23.6 Å². The van der Waals surface area contributed by atoms with Gasteiger partial charge in [-0.15, -0.1) is 11.3 Å². The van der Waals surface area contributed by atoms with Gasteiger partial charge >= 0.3 is 0 Å². The topological polar surface area (TPSA) is 44.8 Å². The third kappa shape index (κ3) is 2.23. The average Bonchev–Trinajstić information content (AvgIpc) is 2.94. The molecule has 1 aliphatic rings. The van der Waals surface area contributed by atoms with Crippen molar-refractivity contribution in [3.05, 3.63) is 39.0 Å². The molecule has 6 heteroatoms. The monoisotopic (exact) mass is 310 g/mol. The SMILES string of the molecule is COc1ccsc1C(=O)c1cc2c(cc1Cl)OCCO2. The fraction of sp³-hybridized carbons (Fsp3) is 0.214. The van der Waals surface area contributed by atoms with E-state index < -0.39 is 0 Å². The predicted octanol–water partition coefficient (Wildman–Crippen LogP) is 3.41. The minimum atomic E-state index is -0.182. The number of carbonyl (C=O) groups is 1. The fourth-order valence-corrected chi connectivity index (χ4v) is 3.04. The molecule has 0 unspecified atom stereocenters. The van der Waals surface area contributed by atoms with E-state index in [0.717, 1.165) is 0 Å². The smallest absolute Gasteiger partial charge is 0.208 e. The Hall–Kier alpha value is -1.72. The standard InChI is InChI=1S/C14H11ClO4S/c1-17-10-2-5-20-14(10)13(16)8-6-11-12(7-9(8)15)19-4-3-18-11/h2,5-7H,3-4H2,1H3. The van der Waals surface area contributed by atoms with E-state index in [2.05, 4.69) is 0 Å². The maximum Gasteiger partial charge on any atom is 0.208 e. The van der Waals surface area contributed by atoms with Gasteiger partial charge in [-0.3, -0.25) is 4.79 Å². The number of ether oxygens (including phenoxy) is 3. The summed E-state index contributed by atoms with van der Waals surface area (Å²) in [6, 6.07) is 4.99. The molecule has 2 aromatic rings. The minimum Gasteiger partial charge on any atom is -0.495 e. The highest BCUT2D eigenvalue weighted by atomic mass is 35.5. The number of ketones is 1. The van der Waals surface area contributed by atoms with Crippen molar-refractivity contribution in [2.24, 2.45) is 0 Å². The van der Waals surface area contributed by atoms with Crippen molar-refractivity contribution in [3.63, 3.8) is 0 Å². The molecular formula is C14H11ClO4S. The van der Waals surface area contributed by atoms with Crippen molar-refractivity contribution in [1.29, 1.82) is 0 Å². The lowest BCUT2D eigenvalue weighted by Gasteiger charge is -2.19. The average molecular weight is 311 g/mol. The first-order chi connectivity index (χ1) is 9.70. The van der Waals surface area contributed by atoms with Crippen LogP contribution in [0.3, 0.4) is 0 Å². The van der Waals surface area contributed by atoms with E-state index in [0.29, 0.717) is 45.9 Å². The van der Waals surface area contributed by atoms with Crippen LogP contribution in [0.5, 0.6) is 17.2 Å². The van der Waals surface area contributed by atoms with Gasteiger partial charge in [0.1, 0.15) is 23.8 Å². The zero-order valence-electron chi connectivity index (χ0n) is 10.6. The van der Waals surface area contributed by atoms with Crippen LogP contribution in [0.1, 0.15) is 15.2 Å². The largest absolute Gasteiger partial charge is 0.495 e. The van der Waals surface area contributed by atoms with Crippen LogP contribution in [-0.4, -0.2) is 26.1 Å². The molecule has 0 atom stereocenters. The summed E-state index contributed by atoms with van der Waals surface area (Å²) < 4.78 is 16.1. The number of rotatable bonds is 3. The molecule has 0 aliphatic carbocycles. The highest BCUT2D eigenvalue weighted by Gasteiger charge is 2.22. The quantitative estimate of drug-likeness (QED) is 0.815. The van der Waals surface area contributed by atoms with E-state index >= 15 is 0 Å². The molecule has 4 nitrogen and oxygen atoms in total. The normalized spacial score (nSPS) is 13.1. The fourth-order valence-electron chi connectivity index (χ4n) is 1.98. The molecule has 1 aliphatic heterocycles. The summed E-state index contributed by atoms with van der Waals surface area (Å²) in [4.78, 5) is 13.1. The van der Waals surface area contributed by atoms with Crippen LogP contribution >= 0.6 is 22.9 Å². The van der Waals surface area contributed by atoms with Gasteiger partial charge in [0.05, 0.1) is 12.1 Å². The van der Waals surface area contributed by atoms with Crippen molar-refractivity contribution >= 4 is 28.7 Å². The molecule has 0 saturated carbocycles. The molecule has 0 amide bonds. The Kier molecular flexibility index (Phi) is 3.54. The molecule has 0 N–H and O–H groups in total. The molecule has 3 rings (SSSR count). The van der Waals surface area contributed by atoms with Gasteiger partial charge in [-0.2, -0.15) is 0 Å². The van der Waals surface area contributed by atoms with E-state index in [1.807, 2.05) is 0 Å². The molecule has 0 radical (unpaired) electrons. The number of hydrogen-bond donors (Lipinski definition) is 0. The summed E-state index contributed by atoms with van der Waals surface area (Å²) in [5.74, 6) is 1.47. The first-order valence-electron chi connectivity index (χ1n) is 5.96. The Balaban J connectivity index is 2.03. The first-order valence-corrected chi connectivity index (χ1v) is 7.22. The van der Waals surface area contributed by atoms with Crippen LogP contribution in [0, 0.1) is 0 Å². The maximum absolute atomic E-state index is 12.5. The number of fused-ring (bicyclic) bond motifs is 1. The summed E-state index contributed by atoms with van der Waals surface area (Å²) >= 11 is 7.49. The van der Waals surface area contributed by atoms with E-state index in [1.54, 1.807) is 23.6 Å². The van der Waals surface area contributed by atoms with Crippen molar-refractivity contribution in [3.8, 4) is 17.2 Å². The second kappa shape index (κ2) is 5.34. The van der Waals surface area contributed by atoms with Gasteiger partial charge in [-0.05, 0) is 17.5 Å².